The number of hydrogen-bond acceptors (Lipinski definition) is 5. The summed E-state index contributed by atoms with van der Waals surface area (Å²) in [6, 6.07) is 17.6. The van der Waals surface area contributed by atoms with Crippen LogP contribution in [0.15, 0.2) is 66.7 Å². The van der Waals surface area contributed by atoms with Crippen LogP contribution in [-0.2, 0) is 22.6 Å². The third-order valence-corrected chi connectivity index (χ3v) is 6.12. The second kappa shape index (κ2) is 9.65. The van der Waals surface area contributed by atoms with Crippen molar-refractivity contribution < 1.29 is 23.9 Å². The minimum atomic E-state index is -1.09. The Morgan fingerprint density at radius 3 is 2.00 bits per heavy atom. The van der Waals surface area contributed by atoms with E-state index < -0.39 is 23.8 Å². The van der Waals surface area contributed by atoms with E-state index in [4.69, 9.17) is 32.7 Å². The summed E-state index contributed by atoms with van der Waals surface area (Å²) in [6.07, 6.45) is 0.106. The maximum absolute atomic E-state index is 12.8. The molecule has 4 rings (SSSR count). The van der Waals surface area contributed by atoms with Crippen molar-refractivity contribution in [1.82, 2.24) is 4.90 Å². The Morgan fingerprint density at radius 1 is 0.879 bits per heavy atom. The van der Waals surface area contributed by atoms with Crippen LogP contribution in [0.1, 0.15) is 31.8 Å². The van der Waals surface area contributed by atoms with Crippen LogP contribution in [-0.4, -0.2) is 35.8 Å². The predicted octanol–water partition coefficient (Wildman–Crippen LogP) is 4.95. The van der Waals surface area contributed by atoms with Gasteiger partial charge in [0.1, 0.15) is 18.4 Å². The number of methoxy groups -OCH3 is 1. The fourth-order valence-electron chi connectivity index (χ4n) is 3.68. The van der Waals surface area contributed by atoms with E-state index in [9.17, 15) is 14.4 Å². The van der Waals surface area contributed by atoms with Crippen molar-refractivity contribution in [3.8, 4) is 5.75 Å². The molecule has 0 spiro atoms. The number of benzene rings is 3. The summed E-state index contributed by atoms with van der Waals surface area (Å²) in [4.78, 5) is 39.2. The molecule has 0 aromatic heterocycles. The maximum Gasteiger partial charge on any atom is 0.329 e. The molecule has 0 N–H and O–H groups in total. The van der Waals surface area contributed by atoms with E-state index in [-0.39, 0.29) is 24.2 Å². The highest BCUT2D eigenvalue weighted by Crippen LogP contribution is 2.28. The number of fused-ring (bicyclic) bond motifs is 1. The Hall–Kier alpha value is -3.35. The van der Waals surface area contributed by atoms with E-state index >= 15 is 0 Å². The van der Waals surface area contributed by atoms with E-state index in [1.165, 1.54) is 7.11 Å². The second-order valence-electron chi connectivity index (χ2n) is 7.40. The molecule has 168 valence electrons. The molecule has 0 unspecified atom stereocenters. The van der Waals surface area contributed by atoms with Crippen molar-refractivity contribution >= 4 is 41.0 Å². The molecule has 0 aliphatic carbocycles. The molecule has 1 atom stereocenters. The first-order valence-corrected chi connectivity index (χ1v) is 10.9. The van der Waals surface area contributed by atoms with Crippen LogP contribution < -0.4 is 4.74 Å². The monoisotopic (exact) mass is 483 g/mol. The predicted molar refractivity (Wildman–Crippen MR) is 124 cm³/mol. The SMILES string of the molecule is COC(=O)[C@H](Cc1ccc(OCc2c(Cl)cccc2Cl)cc1)N1C(=O)c2ccccc2C1=O. The minimum Gasteiger partial charge on any atom is -0.489 e. The molecule has 1 aliphatic rings. The number of carbonyl (C=O) groups excluding carboxylic acids is 3. The molecule has 0 radical (unpaired) electrons. The van der Waals surface area contributed by atoms with Gasteiger partial charge in [-0.2, -0.15) is 0 Å². The van der Waals surface area contributed by atoms with Gasteiger partial charge in [0.05, 0.1) is 18.2 Å². The molecule has 6 nitrogen and oxygen atoms in total. The Kier molecular flexibility index (Phi) is 6.67. The molecule has 1 heterocycles. The number of halogens is 2. The molecule has 33 heavy (non-hydrogen) atoms. The highest BCUT2D eigenvalue weighted by atomic mass is 35.5. The Bertz CT molecular complexity index is 1170. The lowest BCUT2D eigenvalue weighted by atomic mass is 10.0. The average Bonchev–Trinajstić information content (AvgIpc) is 3.07. The van der Waals surface area contributed by atoms with Gasteiger partial charge in [0.2, 0.25) is 0 Å². The first kappa shape index (κ1) is 22.8. The first-order valence-electron chi connectivity index (χ1n) is 10.1. The molecule has 0 fully saturated rings. The van der Waals surface area contributed by atoms with E-state index in [1.807, 2.05) is 0 Å². The van der Waals surface area contributed by atoms with Crippen molar-refractivity contribution in [2.75, 3.05) is 7.11 Å². The Morgan fingerprint density at radius 2 is 1.45 bits per heavy atom. The average molecular weight is 484 g/mol. The largest absolute Gasteiger partial charge is 0.489 e. The van der Waals surface area contributed by atoms with Crippen molar-refractivity contribution in [2.45, 2.75) is 19.1 Å². The molecule has 0 saturated heterocycles. The molecule has 3 aromatic carbocycles. The van der Waals surface area contributed by atoms with Gasteiger partial charge in [-0.25, -0.2) is 4.79 Å². The van der Waals surface area contributed by atoms with Gasteiger partial charge in [-0.3, -0.25) is 14.5 Å². The number of nitrogens with zero attached hydrogens (tertiary/aromatic N) is 1. The van der Waals surface area contributed by atoms with Gasteiger partial charge in [-0.1, -0.05) is 53.5 Å². The van der Waals surface area contributed by atoms with Crippen molar-refractivity contribution in [1.29, 1.82) is 0 Å². The lowest BCUT2D eigenvalue weighted by molar-refractivity contribution is -0.145. The van der Waals surface area contributed by atoms with Gasteiger partial charge >= 0.3 is 5.97 Å². The lowest BCUT2D eigenvalue weighted by Gasteiger charge is -2.24. The van der Waals surface area contributed by atoms with Crippen molar-refractivity contribution in [3.63, 3.8) is 0 Å². The molecule has 2 amide bonds. The zero-order chi connectivity index (χ0) is 23.5. The summed E-state index contributed by atoms with van der Waals surface area (Å²) >= 11 is 12.3. The van der Waals surface area contributed by atoms with E-state index in [0.29, 0.717) is 21.4 Å². The molecule has 1 aliphatic heterocycles. The minimum absolute atomic E-state index is 0.106. The number of esters is 1. The maximum atomic E-state index is 12.8. The van der Waals surface area contributed by atoms with Crippen LogP contribution in [0.2, 0.25) is 10.0 Å². The third kappa shape index (κ3) is 4.58. The summed E-state index contributed by atoms with van der Waals surface area (Å²) in [5.74, 6) is -1.12. The van der Waals surface area contributed by atoms with Crippen LogP contribution in [0.3, 0.4) is 0 Å². The van der Waals surface area contributed by atoms with Crippen LogP contribution in [0.25, 0.3) is 0 Å². The number of ether oxygens (including phenoxy) is 2. The van der Waals surface area contributed by atoms with Gasteiger partial charge in [0.25, 0.3) is 11.8 Å². The highest BCUT2D eigenvalue weighted by molar-refractivity contribution is 6.36. The number of rotatable bonds is 7. The lowest BCUT2D eigenvalue weighted by Crippen LogP contribution is -2.46. The molecule has 0 bridgehead atoms. The highest BCUT2D eigenvalue weighted by Gasteiger charge is 2.43. The Labute approximate surface area is 200 Å². The number of amides is 2. The summed E-state index contributed by atoms with van der Waals surface area (Å²) in [6.45, 7) is 0.192. The smallest absolute Gasteiger partial charge is 0.329 e. The number of carbonyl (C=O) groups is 3. The number of imide groups is 1. The van der Waals surface area contributed by atoms with Crippen LogP contribution in [0, 0.1) is 0 Å². The fourth-order valence-corrected chi connectivity index (χ4v) is 4.18. The molecule has 8 heteroatoms. The normalized spacial score (nSPS) is 13.6. The summed E-state index contributed by atoms with van der Waals surface area (Å²) in [5, 5.41) is 1.03. The molecular weight excluding hydrogens is 465 g/mol. The molecular formula is C25H19Cl2NO5. The van der Waals surface area contributed by atoms with Gasteiger partial charge in [0.15, 0.2) is 0 Å². The molecule has 0 saturated carbocycles. The van der Waals surface area contributed by atoms with Crippen molar-refractivity contribution in [2.24, 2.45) is 0 Å². The van der Waals surface area contributed by atoms with Crippen LogP contribution in [0.5, 0.6) is 5.75 Å². The Balaban J connectivity index is 1.50. The zero-order valence-corrected chi connectivity index (χ0v) is 19.1. The van der Waals surface area contributed by atoms with Crippen LogP contribution >= 0.6 is 23.2 Å². The topological polar surface area (TPSA) is 72.9 Å². The quantitative estimate of drug-likeness (QED) is 0.351. The summed E-state index contributed by atoms with van der Waals surface area (Å²) < 4.78 is 10.7. The summed E-state index contributed by atoms with van der Waals surface area (Å²) in [5.41, 5.74) is 1.96. The van der Waals surface area contributed by atoms with E-state index in [2.05, 4.69) is 0 Å². The van der Waals surface area contributed by atoms with Gasteiger partial charge < -0.3 is 9.47 Å². The molecule has 3 aromatic rings. The summed E-state index contributed by atoms with van der Waals surface area (Å²) in [7, 11) is 1.23. The van der Waals surface area contributed by atoms with Gasteiger partial charge in [-0.15, -0.1) is 0 Å². The first-order chi connectivity index (χ1) is 15.9. The fraction of sp³-hybridized carbons (Fsp3) is 0.160. The van der Waals surface area contributed by atoms with Crippen LogP contribution in [0.4, 0.5) is 0 Å². The zero-order valence-electron chi connectivity index (χ0n) is 17.6. The van der Waals surface area contributed by atoms with E-state index in [1.54, 1.807) is 66.7 Å². The number of hydrogen-bond donors (Lipinski definition) is 0. The van der Waals surface area contributed by atoms with Gasteiger partial charge in [0, 0.05) is 22.0 Å². The second-order valence-corrected chi connectivity index (χ2v) is 8.22. The third-order valence-electron chi connectivity index (χ3n) is 5.41. The van der Waals surface area contributed by atoms with E-state index in [0.717, 1.165) is 10.5 Å². The standard InChI is InChI=1S/C25H19Cl2NO5/c1-32-25(31)22(28-23(29)17-5-2-3-6-18(17)24(28)30)13-15-9-11-16(12-10-15)33-14-19-20(26)7-4-8-21(19)27/h2-12,22H,13-14H2,1H3/t22-/m0/s1. The van der Waals surface area contributed by atoms with Gasteiger partial charge in [-0.05, 0) is 42.0 Å². The van der Waals surface area contributed by atoms with Crippen molar-refractivity contribution in [3.05, 3.63) is 99.0 Å².